The first-order chi connectivity index (χ1) is 14.2. The van der Waals surface area contributed by atoms with Gasteiger partial charge in [0.2, 0.25) is 5.91 Å². The van der Waals surface area contributed by atoms with Gasteiger partial charge in [-0.3, -0.25) is 9.69 Å². The molecule has 0 aliphatic carbocycles. The molecule has 29 heavy (non-hydrogen) atoms. The summed E-state index contributed by atoms with van der Waals surface area (Å²) in [6.07, 6.45) is 4.48. The highest BCUT2D eigenvalue weighted by atomic mass is 16.2. The maximum atomic E-state index is 12.6. The van der Waals surface area contributed by atoms with Gasteiger partial charge in [0, 0.05) is 56.2 Å². The van der Waals surface area contributed by atoms with Gasteiger partial charge in [-0.15, -0.1) is 0 Å². The first-order valence-corrected chi connectivity index (χ1v) is 10.3. The van der Waals surface area contributed by atoms with E-state index in [2.05, 4.69) is 40.3 Å². The molecule has 1 fully saturated rings. The van der Waals surface area contributed by atoms with Crippen molar-refractivity contribution < 1.29 is 4.79 Å². The minimum Gasteiger partial charge on any atom is -0.361 e. The number of carbonyl (C=O) groups excluding carboxylic acids is 1. The van der Waals surface area contributed by atoms with E-state index in [-0.39, 0.29) is 5.91 Å². The van der Waals surface area contributed by atoms with Crippen molar-refractivity contribution in [3.05, 3.63) is 71.4 Å². The molecule has 0 bridgehead atoms. The van der Waals surface area contributed by atoms with Crippen molar-refractivity contribution in [1.29, 1.82) is 5.26 Å². The number of nitriles is 1. The fourth-order valence-electron chi connectivity index (χ4n) is 4.02. The molecule has 1 N–H and O–H groups in total. The van der Waals surface area contributed by atoms with Gasteiger partial charge in [0.15, 0.2) is 0 Å². The molecule has 1 amide bonds. The fraction of sp³-hybridized carbons (Fsp3) is 0.333. The molecule has 1 aliphatic rings. The van der Waals surface area contributed by atoms with E-state index >= 15 is 0 Å². The molecule has 3 aromatic rings. The van der Waals surface area contributed by atoms with E-state index in [4.69, 9.17) is 5.26 Å². The summed E-state index contributed by atoms with van der Waals surface area (Å²) in [5.41, 5.74) is 4.35. The highest BCUT2D eigenvalue weighted by molar-refractivity contribution is 5.83. The summed E-state index contributed by atoms with van der Waals surface area (Å²) >= 11 is 0. The van der Waals surface area contributed by atoms with Crippen LogP contribution in [0.2, 0.25) is 0 Å². The molecule has 148 valence electrons. The Morgan fingerprint density at radius 3 is 2.55 bits per heavy atom. The lowest BCUT2D eigenvalue weighted by atomic mass is 10.1. The van der Waals surface area contributed by atoms with E-state index in [0.29, 0.717) is 12.0 Å². The summed E-state index contributed by atoms with van der Waals surface area (Å²) < 4.78 is 0. The number of rotatable bonds is 6. The van der Waals surface area contributed by atoms with Gasteiger partial charge >= 0.3 is 0 Å². The van der Waals surface area contributed by atoms with Crippen LogP contribution in [0.25, 0.3) is 10.9 Å². The lowest BCUT2D eigenvalue weighted by molar-refractivity contribution is -0.133. The molecule has 1 aromatic heterocycles. The summed E-state index contributed by atoms with van der Waals surface area (Å²) in [6, 6.07) is 18.2. The van der Waals surface area contributed by atoms with E-state index in [1.807, 2.05) is 35.2 Å². The van der Waals surface area contributed by atoms with Crippen molar-refractivity contribution in [3.63, 3.8) is 0 Å². The number of carbonyl (C=O) groups is 1. The molecule has 1 aliphatic heterocycles. The number of hydrogen-bond acceptors (Lipinski definition) is 3. The third kappa shape index (κ3) is 4.67. The Morgan fingerprint density at radius 2 is 1.79 bits per heavy atom. The van der Waals surface area contributed by atoms with Gasteiger partial charge in [-0.25, -0.2) is 0 Å². The van der Waals surface area contributed by atoms with Crippen LogP contribution in [0.4, 0.5) is 0 Å². The standard InChI is InChI=1S/C24H26N4O/c25-16-19-8-10-20(11-9-19)18-27-12-14-28(15-13-27)24(29)7-3-4-21-17-26-23-6-2-1-5-22(21)23/h1-2,5-6,8-11,17,26H,3-4,7,12-15,18H2. The smallest absolute Gasteiger partial charge is 0.222 e. The fourth-order valence-corrected chi connectivity index (χ4v) is 4.02. The number of aryl methyl sites for hydroxylation is 1. The molecule has 0 spiro atoms. The monoisotopic (exact) mass is 386 g/mol. The van der Waals surface area contributed by atoms with E-state index in [1.54, 1.807) is 0 Å². The minimum absolute atomic E-state index is 0.267. The average molecular weight is 386 g/mol. The second-order valence-corrected chi connectivity index (χ2v) is 7.68. The number of aromatic nitrogens is 1. The van der Waals surface area contributed by atoms with Crippen molar-refractivity contribution in [3.8, 4) is 6.07 Å². The van der Waals surface area contributed by atoms with Gasteiger partial charge in [-0.05, 0) is 42.2 Å². The second-order valence-electron chi connectivity index (χ2n) is 7.68. The predicted molar refractivity (Wildman–Crippen MR) is 114 cm³/mol. The van der Waals surface area contributed by atoms with Gasteiger partial charge in [0.25, 0.3) is 0 Å². The normalized spacial score (nSPS) is 14.8. The molecule has 5 heteroatoms. The van der Waals surface area contributed by atoms with Crippen LogP contribution in [0.3, 0.4) is 0 Å². The zero-order chi connectivity index (χ0) is 20.1. The SMILES string of the molecule is N#Cc1ccc(CN2CCN(C(=O)CCCc3c[nH]c4ccccc34)CC2)cc1. The molecular weight excluding hydrogens is 360 g/mol. The minimum atomic E-state index is 0.267. The predicted octanol–water partition coefficient (Wildman–Crippen LogP) is 3.71. The van der Waals surface area contributed by atoms with Crippen LogP contribution in [0.1, 0.15) is 29.5 Å². The number of H-pyrrole nitrogens is 1. The Kier molecular flexibility index (Phi) is 5.92. The van der Waals surface area contributed by atoms with E-state index < -0.39 is 0 Å². The van der Waals surface area contributed by atoms with Gasteiger partial charge in [0.05, 0.1) is 11.6 Å². The Bertz CT molecular complexity index is 1010. The Balaban J connectivity index is 1.21. The van der Waals surface area contributed by atoms with Crippen molar-refractivity contribution in [2.45, 2.75) is 25.8 Å². The molecule has 0 saturated carbocycles. The molecular formula is C24H26N4O. The van der Waals surface area contributed by atoms with Crippen molar-refractivity contribution >= 4 is 16.8 Å². The summed E-state index contributed by atoms with van der Waals surface area (Å²) in [4.78, 5) is 20.3. The number of benzene rings is 2. The maximum absolute atomic E-state index is 12.6. The summed E-state index contributed by atoms with van der Waals surface area (Å²) in [7, 11) is 0. The van der Waals surface area contributed by atoms with Crippen LogP contribution in [-0.2, 0) is 17.8 Å². The maximum Gasteiger partial charge on any atom is 0.222 e. The third-order valence-corrected chi connectivity index (χ3v) is 5.73. The third-order valence-electron chi connectivity index (χ3n) is 5.73. The van der Waals surface area contributed by atoms with Gasteiger partial charge < -0.3 is 9.88 Å². The molecule has 4 rings (SSSR count). The average Bonchev–Trinajstić information content (AvgIpc) is 3.18. The molecule has 2 heterocycles. The summed E-state index contributed by atoms with van der Waals surface area (Å²) in [5, 5.41) is 10.2. The number of para-hydroxylation sites is 1. The summed E-state index contributed by atoms with van der Waals surface area (Å²) in [6.45, 7) is 4.25. The highest BCUT2D eigenvalue weighted by Gasteiger charge is 2.20. The number of nitrogens with zero attached hydrogens (tertiary/aromatic N) is 3. The Morgan fingerprint density at radius 1 is 1.03 bits per heavy atom. The zero-order valence-corrected chi connectivity index (χ0v) is 16.6. The van der Waals surface area contributed by atoms with Crippen molar-refractivity contribution in [2.75, 3.05) is 26.2 Å². The Hall–Kier alpha value is -3.10. The first kappa shape index (κ1) is 19.2. The molecule has 0 unspecified atom stereocenters. The van der Waals surface area contributed by atoms with E-state index in [0.717, 1.165) is 51.1 Å². The molecule has 2 aromatic carbocycles. The zero-order valence-electron chi connectivity index (χ0n) is 16.6. The molecule has 0 radical (unpaired) electrons. The van der Waals surface area contributed by atoms with Crippen LogP contribution < -0.4 is 0 Å². The molecule has 1 saturated heterocycles. The van der Waals surface area contributed by atoms with Crippen LogP contribution in [0.5, 0.6) is 0 Å². The van der Waals surface area contributed by atoms with Crippen LogP contribution in [-0.4, -0.2) is 46.9 Å². The Labute approximate surface area is 171 Å². The largest absolute Gasteiger partial charge is 0.361 e. The van der Waals surface area contributed by atoms with E-state index in [1.165, 1.54) is 16.5 Å². The topological polar surface area (TPSA) is 63.1 Å². The van der Waals surface area contributed by atoms with Crippen LogP contribution in [0, 0.1) is 11.3 Å². The number of piperazine rings is 1. The lowest BCUT2D eigenvalue weighted by Gasteiger charge is -2.34. The number of nitrogens with one attached hydrogen (secondary N) is 1. The van der Waals surface area contributed by atoms with Crippen LogP contribution >= 0.6 is 0 Å². The van der Waals surface area contributed by atoms with Crippen molar-refractivity contribution in [2.24, 2.45) is 0 Å². The quantitative estimate of drug-likeness (QED) is 0.702. The van der Waals surface area contributed by atoms with E-state index in [9.17, 15) is 4.79 Å². The van der Waals surface area contributed by atoms with Gasteiger partial charge in [-0.1, -0.05) is 30.3 Å². The van der Waals surface area contributed by atoms with Gasteiger partial charge in [-0.2, -0.15) is 5.26 Å². The molecule has 0 atom stereocenters. The molecule has 5 nitrogen and oxygen atoms in total. The van der Waals surface area contributed by atoms with Crippen molar-refractivity contribution in [1.82, 2.24) is 14.8 Å². The number of amides is 1. The number of fused-ring (bicyclic) bond motifs is 1. The van der Waals surface area contributed by atoms with Crippen LogP contribution in [0.15, 0.2) is 54.7 Å². The highest BCUT2D eigenvalue weighted by Crippen LogP contribution is 2.20. The number of hydrogen-bond donors (Lipinski definition) is 1. The first-order valence-electron chi connectivity index (χ1n) is 10.3. The summed E-state index contributed by atoms with van der Waals surface area (Å²) in [5.74, 6) is 0.267. The second kappa shape index (κ2) is 8.93. The number of aromatic amines is 1. The lowest BCUT2D eigenvalue weighted by Crippen LogP contribution is -2.48. The van der Waals surface area contributed by atoms with Gasteiger partial charge in [0.1, 0.15) is 0 Å².